The summed E-state index contributed by atoms with van der Waals surface area (Å²) in [6, 6.07) is 7.06. The number of rotatable bonds is 5. The van der Waals surface area contributed by atoms with Crippen molar-refractivity contribution in [1.82, 2.24) is 19.9 Å². The van der Waals surface area contributed by atoms with Crippen molar-refractivity contribution in [2.24, 2.45) is 0 Å². The predicted molar refractivity (Wildman–Crippen MR) is 110 cm³/mol. The van der Waals surface area contributed by atoms with Gasteiger partial charge in [0.1, 0.15) is 0 Å². The van der Waals surface area contributed by atoms with Crippen LogP contribution in [0.1, 0.15) is 25.5 Å². The fraction of sp³-hybridized carbons (Fsp3) is 0.421. The standard InChI is InChI=1S/C19H23N5S2/c1-3-25-16-11-20-19(21-12-16)24-8-6-23(7-9-24)14(2)15-4-5-18-17(10-15)22-13-26-18/h4-5,10-14H,3,6-9H2,1-2H3. The quantitative estimate of drug-likeness (QED) is 0.617. The summed E-state index contributed by atoms with van der Waals surface area (Å²) in [5.74, 6) is 1.90. The Morgan fingerprint density at radius 3 is 2.62 bits per heavy atom. The lowest BCUT2D eigenvalue weighted by Gasteiger charge is -2.38. The Balaban J connectivity index is 1.39. The molecule has 136 valence electrons. The lowest BCUT2D eigenvalue weighted by atomic mass is 10.1. The summed E-state index contributed by atoms with van der Waals surface area (Å²) in [6.07, 6.45) is 3.88. The molecule has 0 bridgehead atoms. The first kappa shape index (κ1) is 17.7. The van der Waals surface area contributed by atoms with Crippen molar-refractivity contribution in [3.05, 3.63) is 41.7 Å². The molecule has 0 N–H and O–H groups in total. The van der Waals surface area contributed by atoms with E-state index in [9.17, 15) is 0 Å². The van der Waals surface area contributed by atoms with Gasteiger partial charge in [-0.2, -0.15) is 0 Å². The number of hydrogen-bond acceptors (Lipinski definition) is 7. The highest BCUT2D eigenvalue weighted by Crippen LogP contribution is 2.27. The molecule has 1 aliphatic rings. The molecule has 0 spiro atoms. The van der Waals surface area contributed by atoms with Crippen LogP contribution in [0.3, 0.4) is 0 Å². The van der Waals surface area contributed by atoms with E-state index < -0.39 is 0 Å². The maximum absolute atomic E-state index is 4.55. The van der Waals surface area contributed by atoms with E-state index in [1.54, 1.807) is 23.1 Å². The van der Waals surface area contributed by atoms with Crippen LogP contribution in [0.15, 0.2) is 41.0 Å². The van der Waals surface area contributed by atoms with E-state index in [-0.39, 0.29) is 0 Å². The largest absolute Gasteiger partial charge is 0.338 e. The molecule has 0 aliphatic carbocycles. The lowest BCUT2D eigenvalue weighted by Crippen LogP contribution is -2.47. The summed E-state index contributed by atoms with van der Waals surface area (Å²) in [5.41, 5.74) is 4.37. The van der Waals surface area contributed by atoms with Crippen LogP contribution in [0.5, 0.6) is 0 Å². The molecule has 2 aromatic heterocycles. The molecule has 1 unspecified atom stereocenters. The summed E-state index contributed by atoms with van der Waals surface area (Å²) in [4.78, 5) is 19.5. The van der Waals surface area contributed by atoms with Crippen LogP contribution >= 0.6 is 23.1 Å². The molecule has 1 fully saturated rings. The number of anilines is 1. The van der Waals surface area contributed by atoms with Crippen LogP contribution in [0, 0.1) is 0 Å². The van der Waals surface area contributed by atoms with Crippen molar-refractivity contribution < 1.29 is 0 Å². The highest BCUT2D eigenvalue weighted by Gasteiger charge is 2.23. The number of benzene rings is 1. The van der Waals surface area contributed by atoms with Crippen LogP contribution < -0.4 is 4.90 Å². The Morgan fingerprint density at radius 1 is 1.12 bits per heavy atom. The molecule has 0 saturated carbocycles. The van der Waals surface area contributed by atoms with Crippen LogP contribution in [-0.2, 0) is 0 Å². The minimum absolute atomic E-state index is 0.396. The average Bonchev–Trinajstić information content (AvgIpc) is 3.16. The summed E-state index contributed by atoms with van der Waals surface area (Å²) in [6.45, 7) is 8.39. The molecular formula is C19H23N5S2. The molecule has 3 heterocycles. The van der Waals surface area contributed by atoms with Gasteiger partial charge in [-0.3, -0.25) is 4.90 Å². The highest BCUT2D eigenvalue weighted by molar-refractivity contribution is 7.99. The number of nitrogens with zero attached hydrogens (tertiary/aromatic N) is 5. The zero-order valence-electron chi connectivity index (χ0n) is 15.1. The molecule has 1 aliphatic heterocycles. The average molecular weight is 386 g/mol. The van der Waals surface area contributed by atoms with Gasteiger partial charge in [0.05, 0.1) is 15.7 Å². The van der Waals surface area contributed by atoms with Crippen molar-refractivity contribution in [2.45, 2.75) is 24.8 Å². The minimum atomic E-state index is 0.396. The van der Waals surface area contributed by atoms with Gasteiger partial charge in [0.15, 0.2) is 0 Å². The van der Waals surface area contributed by atoms with Gasteiger partial charge in [-0.15, -0.1) is 23.1 Å². The number of thiazole rings is 1. The van der Waals surface area contributed by atoms with E-state index in [1.165, 1.54) is 10.3 Å². The molecule has 4 rings (SSSR count). The van der Waals surface area contributed by atoms with Gasteiger partial charge in [0.2, 0.25) is 5.95 Å². The van der Waals surface area contributed by atoms with Crippen molar-refractivity contribution in [1.29, 1.82) is 0 Å². The molecular weight excluding hydrogens is 362 g/mol. The molecule has 5 nitrogen and oxygen atoms in total. The molecule has 0 radical (unpaired) electrons. The first-order chi connectivity index (χ1) is 12.7. The Morgan fingerprint density at radius 2 is 1.88 bits per heavy atom. The van der Waals surface area contributed by atoms with Gasteiger partial charge in [-0.1, -0.05) is 13.0 Å². The third-order valence-corrected chi connectivity index (χ3v) is 6.55. The van der Waals surface area contributed by atoms with E-state index in [0.29, 0.717) is 6.04 Å². The van der Waals surface area contributed by atoms with Gasteiger partial charge < -0.3 is 4.90 Å². The Kier molecular flexibility index (Phi) is 5.38. The predicted octanol–water partition coefficient (Wildman–Crippen LogP) is 4.08. The monoisotopic (exact) mass is 385 g/mol. The zero-order valence-corrected chi connectivity index (χ0v) is 16.8. The molecule has 26 heavy (non-hydrogen) atoms. The maximum atomic E-state index is 4.55. The van der Waals surface area contributed by atoms with E-state index >= 15 is 0 Å². The number of thioether (sulfide) groups is 1. The smallest absolute Gasteiger partial charge is 0.225 e. The fourth-order valence-corrected chi connectivity index (χ4v) is 4.62. The van der Waals surface area contributed by atoms with Gasteiger partial charge in [-0.05, 0) is 30.4 Å². The van der Waals surface area contributed by atoms with Gasteiger partial charge in [0.25, 0.3) is 0 Å². The number of piperazine rings is 1. The first-order valence-electron chi connectivity index (χ1n) is 9.01. The second kappa shape index (κ2) is 7.90. The zero-order chi connectivity index (χ0) is 17.9. The second-order valence-corrected chi connectivity index (χ2v) is 8.65. The van der Waals surface area contributed by atoms with E-state index in [2.05, 4.69) is 56.8 Å². The van der Waals surface area contributed by atoms with Crippen LogP contribution in [0.25, 0.3) is 10.2 Å². The normalized spacial score (nSPS) is 16.9. The van der Waals surface area contributed by atoms with Crippen molar-refractivity contribution in [3.8, 4) is 0 Å². The second-order valence-electron chi connectivity index (χ2n) is 6.43. The summed E-state index contributed by atoms with van der Waals surface area (Å²) in [7, 11) is 0. The molecule has 0 amide bonds. The van der Waals surface area contributed by atoms with Crippen molar-refractivity contribution >= 4 is 39.3 Å². The van der Waals surface area contributed by atoms with E-state index in [0.717, 1.165) is 48.3 Å². The van der Waals surface area contributed by atoms with Crippen LogP contribution in [0.4, 0.5) is 5.95 Å². The molecule has 7 heteroatoms. The summed E-state index contributed by atoms with van der Waals surface area (Å²) < 4.78 is 1.26. The van der Waals surface area contributed by atoms with Gasteiger partial charge in [0, 0.05) is 49.5 Å². The van der Waals surface area contributed by atoms with E-state index in [4.69, 9.17) is 0 Å². The number of hydrogen-bond donors (Lipinski definition) is 0. The minimum Gasteiger partial charge on any atom is -0.338 e. The Labute approximate surface area is 162 Å². The van der Waals surface area contributed by atoms with E-state index in [1.807, 2.05) is 17.9 Å². The van der Waals surface area contributed by atoms with Crippen molar-refractivity contribution in [3.63, 3.8) is 0 Å². The van der Waals surface area contributed by atoms with Crippen LogP contribution in [0.2, 0.25) is 0 Å². The first-order valence-corrected chi connectivity index (χ1v) is 10.9. The molecule has 3 aromatic rings. The number of fused-ring (bicyclic) bond motifs is 1. The topological polar surface area (TPSA) is 45.2 Å². The third-order valence-electron chi connectivity index (χ3n) is 4.91. The summed E-state index contributed by atoms with van der Waals surface area (Å²) >= 11 is 3.48. The van der Waals surface area contributed by atoms with Gasteiger partial charge in [-0.25, -0.2) is 15.0 Å². The molecule has 1 atom stereocenters. The number of aromatic nitrogens is 3. The van der Waals surface area contributed by atoms with Gasteiger partial charge >= 0.3 is 0 Å². The Hall–Kier alpha value is -1.70. The lowest BCUT2D eigenvalue weighted by molar-refractivity contribution is 0.198. The maximum Gasteiger partial charge on any atom is 0.225 e. The van der Waals surface area contributed by atoms with Crippen molar-refractivity contribution in [2.75, 3.05) is 36.8 Å². The Bertz CT molecular complexity index is 856. The molecule has 1 aromatic carbocycles. The summed E-state index contributed by atoms with van der Waals surface area (Å²) in [5, 5.41) is 0. The SMILES string of the molecule is CCSc1cnc(N2CCN(C(C)c3ccc4scnc4c3)CC2)nc1. The van der Waals surface area contributed by atoms with Crippen LogP contribution in [-0.4, -0.2) is 51.8 Å². The fourth-order valence-electron chi connectivity index (χ4n) is 3.37. The molecule has 1 saturated heterocycles. The third kappa shape index (κ3) is 3.70. The highest BCUT2D eigenvalue weighted by atomic mass is 32.2.